The van der Waals surface area contributed by atoms with Gasteiger partial charge in [0.1, 0.15) is 0 Å². The predicted molar refractivity (Wildman–Crippen MR) is 66.0 cm³/mol. The van der Waals surface area contributed by atoms with Gasteiger partial charge in [-0.15, -0.1) is 0 Å². The van der Waals surface area contributed by atoms with Crippen molar-refractivity contribution in [3.63, 3.8) is 0 Å². The molecule has 0 bridgehead atoms. The summed E-state index contributed by atoms with van der Waals surface area (Å²) in [7, 11) is 6.74. The number of halogens is 1. The highest BCUT2D eigenvalue weighted by Crippen LogP contribution is 2.08. The molecule has 0 unspecified atom stereocenters. The topological polar surface area (TPSA) is 15.8 Å². The first-order valence-corrected chi connectivity index (χ1v) is 5.98. The molecule has 0 aliphatic heterocycles. The summed E-state index contributed by atoms with van der Waals surface area (Å²) in [5, 5.41) is 0. The first-order valence-electron chi connectivity index (χ1n) is 5.98. The minimum atomic E-state index is 0. The van der Waals surface area contributed by atoms with E-state index < -0.39 is 0 Å². The number of H-pyrrole nitrogens is 1. The van der Waals surface area contributed by atoms with Crippen molar-refractivity contribution in [2.24, 2.45) is 0 Å². The van der Waals surface area contributed by atoms with Crippen LogP contribution in [0.2, 0.25) is 0 Å². The Bertz CT molecular complexity index is 286. The van der Waals surface area contributed by atoms with Crippen LogP contribution in [0.5, 0.6) is 0 Å². The van der Waals surface area contributed by atoms with Gasteiger partial charge in [-0.05, 0) is 24.5 Å². The van der Waals surface area contributed by atoms with Gasteiger partial charge in [0, 0.05) is 18.3 Å². The highest BCUT2D eigenvalue weighted by molar-refractivity contribution is 5.16. The predicted octanol–water partition coefficient (Wildman–Crippen LogP) is -0.390. The maximum Gasteiger partial charge on any atom is 0.0784 e. The fourth-order valence-electron chi connectivity index (χ4n) is 1.81. The lowest BCUT2D eigenvalue weighted by molar-refractivity contribution is -0.870. The van der Waals surface area contributed by atoms with Crippen LogP contribution < -0.4 is 24.0 Å². The van der Waals surface area contributed by atoms with Crippen molar-refractivity contribution < 1.29 is 28.5 Å². The monoisotopic (exact) mass is 336 g/mol. The number of aromatic amines is 1. The summed E-state index contributed by atoms with van der Waals surface area (Å²) < 4.78 is 1.06. The average Bonchev–Trinajstić information content (AvgIpc) is 2.51. The molecule has 94 valence electrons. The number of nitrogens with zero attached hydrogens (tertiary/aromatic N) is 1. The molecule has 0 saturated carbocycles. The molecular formula is C13H25IN2. The largest absolute Gasteiger partial charge is 1.00 e. The zero-order chi connectivity index (χ0) is 11.3. The Morgan fingerprint density at radius 3 is 2.44 bits per heavy atom. The third-order valence-electron chi connectivity index (χ3n) is 2.62. The molecule has 1 rings (SSSR count). The van der Waals surface area contributed by atoms with Crippen molar-refractivity contribution in [3.05, 3.63) is 23.5 Å². The van der Waals surface area contributed by atoms with E-state index in [1.54, 1.807) is 0 Å². The van der Waals surface area contributed by atoms with E-state index in [4.69, 9.17) is 0 Å². The first-order chi connectivity index (χ1) is 7.01. The van der Waals surface area contributed by atoms with Gasteiger partial charge in [0.25, 0.3) is 0 Å². The van der Waals surface area contributed by atoms with Crippen molar-refractivity contribution in [2.45, 2.75) is 32.6 Å². The van der Waals surface area contributed by atoms with Gasteiger partial charge in [0.05, 0.1) is 27.7 Å². The average molecular weight is 336 g/mol. The Hall–Kier alpha value is -0.0300. The van der Waals surface area contributed by atoms with Crippen molar-refractivity contribution in [3.8, 4) is 0 Å². The zero-order valence-corrected chi connectivity index (χ0v) is 13.2. The summed E-state index contributed by atoms with van der Waals surface area (Å²) in [6, 6.07) is 2.32. The van der Waals surface area contributed by atoms with Gasteiger partial charge >= 0.3 is 0 Å². The molecule has 3 heteroatoms. The molecule has 0 amide bonds. The lowest BCUT2D eigenvalue weighted by Crippen LogP contribution is -3.00. The molecule has 0 saturated heterocycles. The molecule has 0 aliphatic carbocycles. The Labute approximate surface area is 117 Å². The fraction of sp³-hybridized carbons (Fsp3) is 0.692. The van der Waals surface area contributed by atoms with Gasteiger partial charge in [0.15, 0.2) is 0 Å². The molecule has 1 aromatic heterocycles. The summed E-state index contributed by atoms with van der Waals surface area (Å²) in [6.07, 6.45) is 7.03. The summed E-state index contributed by atoms with van der Waals surface area (Å²) in [6.45, 7) is 3.46. The van der Waals surface area contributed by atoms with E-state index >= 15 is 0 Å². The third-order valence-corrected chi connectivity index (χ3v) is 2.62. The van der Waals surface area contributed by atoms with Crippen LogP contribution in [0.25, 0.3) is 0 Å². The minimum Gasteiger partial charge on any atom is -1.00 e. The van der Waals surface area contributed by atoms with Crippen LogP contribution in [0.15, 0.2) is 12.3 Å². The summed E-state index contributed by atoms with van der Waals surface area (Å²) in [5.74, 6) is 0. The molecule has 0 aliphatic rings. The van der Waals surface area contributed by atoms with Crippen LogP contribution >= 0.6 is 0 Å². The molecule has 0 aromatic carbocycles. The van der Waals surface area contributed by atoms with Crippen LogP contribution in [0.1, 0.15) is 31.0 Å². The van der Waals surface area contributed by atoms with Crippen LogP contribution in [0.4, 0.5) is 0 Å². The summed E-state index contributed by atoms with van der Waals surface area (Å²) in [5.41, 5.74) is 2.85. The number of quaternary nitrogens is 1. The molecule has 0 fully saturated rings. The van der Waals surface area contributed by atoms with Gasteiger partial charge < -0.3 is 33.4 Å². The number of aromatic nitrogens is 1. The summed E-state index contributed by atoms with van der Waals surface area (Å²) in [4.78, 5) is 3.37. The quantitative estimate of drug-likeness (QED) is 0.538. The second-order valence-electron chi connectivity index (χ2n) is 5.40. The summed E-state index contributed by atoms with van der Waals surface area (Å²) >= 11 is 0. The van der Waals surface area contributed by atoms with E-state index in [2.05, 4.69) is 45.3 Å². The molecule has 0 atom stereocenters. The lowest BCUT2D eigenvalue weighted by atomic mass is 10.1. The highest BCUT2D eigenvalue weighted by Gasteiger charge is 2.06. The fourth-order valence-corrected chi connectivity index (χ4v) is 1.81. The molecule has 0 spiro atoms. The number of nitrogens with one attached hydrogen (secondary N) is 1. The van der Waals surface area contributed by atoms with Crippen molar-refractivity contribution in [1.29, 1.82) is 0 Å². The van der Waals surface area contributed by atoms with E-state index in [0.29, 0.717) is 0 Å². The lowest BCUT2D eigenvalue weighted by Gasteiger charge is -2.23. The van der Waals surface area contributed by atoms with Crippen molar-refractivity contribution in [2.75, 3.05) is 27.7 Å². The standard InChI is InChI=1S/C13H25N2.HI/c1-5-7-12-10-13(14-11-12)8-6-9-15(2,3)4;/h10-11,14H,5-9H2,1-4H3;1H/q+1;/p-1. The van der Waals surface area contributed by atoms with Crippen LogP contribution in [-0.4, -0.2) is 37.2 Å². The molecule has 1 N–H and O–H groups in total. The van der Waals surface area contributed by atoms with Crippen LogP contribution in [-0.2, 0) is 12.8 Å². The Kier molecular flexibility index (Phi) is 7.31. The Morgan fingerprint density at radius 2 is 1.88 bits per heavy atom. The third kappa shape index (κ3) is 6.53. The highest BCUT2D eigenvalue weighted by atomic mass is 127. The van der Waals surface area contributed by atoms with Gasteiger partial charge in [0.2, 0.25) is 0 Å². The number of aryl methyl sites for hydroxylation is 2. The van der Waals surface area contributed by atoms with Crippen LogP contribution in [0.3, 0.4) is 0 Å². The number of hydrogen-bond acceptors (Lipinski definition) is 0. The van der Waals surface area contributed by atoms with Gasteiger partial charge in [-0.1, -0.05) is 13.3 Å². The van der Waals surface area contributed by atoms with E-state index in [9.17, 15) is 0 Å². The SMILES string of the molecule is CCCc1c[nH]c(CCC[N+](C)(C)C)c1.[I-]. The smallest absolute Gasteiger partial charge is 0.0784 e. The minimum absolute atomic E-state index is 0. The maximum atomic E-state index is 3.37. The van der Waals surface area contributed by atoms with Gasteiger partial charge in [-0.25, -0.2) is 0 Å². The zero-order valence-electron chi connectivity index (χ0n) is 11.0. The molecule has 2 nitrogen and oxygen atoms in total. The first kappa shape index (κ1) is 16.0. The van der Waals surface area contributed by atoms with E-state index in [1.807, 2.05) is 0 Å². The van der Waals surface area contributed by atoms with Crippen LogP contribution in [0, 0.1) is 0 Å². The Morgan fingerprint density at radius 1 is 1.19 bits per heavy atom. The Balaban J connectivity index is 0.00000225. The van der Waals surface area contributed by atoms with E-state index in [1.165, 1.54) is 43.5 Å². The van der Waals surface area contributed by atoms with Gasteiger partial charge in [-0.2, -0.15) is 0 Å². The molecule has 0 radical (unpaired) electrons. The second kappa shape index (κ2) is 7.33. The molecule has 16 heavy (non-hydrogen) atoms. The van der Waals surface area contributed by atoms with E-state index in [-0.39, 0.29) is 24.0 Å². The second-order valence-corrected chi connectivity index (χ2v) is 5.40. The molecule has 1 heterocycles. The van der Waals surface area contributed by atoms with Gasteiger partial charge in [-0.3, -0.25) is 0 Å². The van der Waals surface area contributed by atoms with Crippen molar-refractivity contribution in [1.82, 2.24) is 4.98 Å². The number of hydrogen-bond donors (Lipinski definition) is 1. The van der Waals surface area contributed by atoms with Crippen molar-refractivity contribution >= 4 is 0 Å². The molecule has 1 aromatic rings. The normalized spacial score (nSPS) is 11.2. The molecular weight excluding hydrogens is 311 g/mol. The number of rotatable bonds is 6. The van der Waals surface area contributed by atoms with E-state index in [0.717, 1.165) is 4.48 Å². The maximum absolute atomic E-state index is 3.37.